The lowest BCUT2D eigenvalue weighted by molar-refractivity contribution is -0.138. The Labute approximate surface area is 121 Å². The lowest BCUT2D eigenvalue weighted by Crippen LogP contribution is -2.33. The standard InChI is InChI=1S/C12H11F5N2O3/c1-5(12(15,16)17)19-6-2-7(13)10(8(14)3-6)11(22)18-4-9(20)21/h2-3,5,19H,4H2,1H3,(H,18,22)(H,20,21). The Morgan fingerprint density at radius 1 is 1.23 bits per heavy atom. The van der Waals surface area contributed by atoms with E-state index in [4.69, 9.17) is 5.11 Å². The molecule has 0 aliphatic carbocycles. The molecule has 3 N–H and O–H groups in total. The summed E-state index contributed by atoms with van der Waals surface area (Å²) in [6.07, 6.45) is -4.62. The second-order valence-corrected chi connectivity index (χ2v) is 4.30. The SMILES string of the molecule is CC(Nc1cc(F)c(C(=O)NCC(=O)O)c(F)c1)C(F)(F)F. The lowest BCUT2D eigenvalue weighted by Gasteiger charge is -2.19. The average Bonchev–Trinajstić information content (AvgIpc) is 2.34. The van der Waals surface area contributed by atoms with E-state index in [0.29, 0.717) is 12.1 Å². The fourth-order valence-electron chi connectivity index (χ4n) is 1.45. The van der Waals surface area contributed by atoms with Crippen LogP contribution in [0.25, 0.3) is 0 Å². The molecule has 0 saturated carbocycles. The van der Waals surface area contributed by atoms with E-state index in [-0.39, 0.29) is 0 Å². The van der Waals surface area contributed by atoms with Crippen LogP contribution in [0.3, 0.4) is 0 Å². The first kappa shape index (κ1) is 17.7. The van der Waals surface area contributed by atoms with Crippen molar-refractivity contribution in [3.63, 3.8) is 0 Å². The largest absolute Gasteiger partial charge is 0.480 e. The normalized spacial score (nSPS) is 12.6. The summed E-state index contributed by atoms with van der Waals surface area (Å²) in [5.74, 6) is -5.58. The van der Waals surface area contributed by atoms with Gasteiger partial charge in [0.15, 0.2) is 0 Å². The number of rotatable bonds is 5. The van der Waals surface area contributed by atoms with Crippen LogP contribution in [0.1, 0.15) is 17.3 Å². The molecule has 0 aromatic heterocycles. The summed E-state index contributed by atoms with van der Waals surface area (Å²) in [6, 6.07) is -1.03. The molecule has 1 amide bonds. The number of nitrogens with one attached hydrogen (secondary N) is 2. The predicted octanol–water partition coefficient (Wildman–Crippen LogP) is 2.14. The first-order chi connectivity index (χ1) is 10.0. The second-order valence-electron chi connectivity index (χ2n) is 4.30. The van der Waals surface area contributed by atoms with Crippen molar-refractivity contribution >= 4 is 17.6 Å². The highest BCUT2D eigenvalue weighted by atomic mass is 19.4. The molecular weight excluding hydrogens is 315 g/mol. The molecule has 0 bridgehead atoms. The highest BCUT2D eigenvalue weighted by Gasteiger charge is 2.36. The maximum atomic E-state index is 13.7. The van der Waals surface area contributed by atoms with Crippen LogP contribution in [0.5, 0.6) is 0 Å². The van der Waals surface area contributed by atoms with Crippen LogP contribution in [0, 0.1) is 11.6 Å². The zero-order chi connectivity index (χ0) is 17.1. The van der Waals surface area contributed by atoms with Crippen LogP contribution in [-0.4, -0.2) is 35.7 Å². The Morgan fingerprint density at radius 2 is 1.73 bits per heavy atom. The first-order valence-corrected chi connectivity index (χ1v) is 5.84. The van der Waals surface area contributed by atoms with Gasteiger partial charge >= 0.3 is 12.1 Å². The number of hydrogen-bond acceptors (Lipinski definition) is 3. The van der Waals surface area contributed by atoms with E-state index in [2.05, 4.69) is 0 Å². The molecule has 1 unspecified atom stereocenters. The number of alkyl halides is 3. The number of carboxylic acids is 1. The fourth-order valence-corrected chi connectivity index (χ4v) is 1.45. The minimum Gasteiger partial charge on any atom is -0.480 e. The number of aliphatic carboxylic acids is 1. The van der Waals surface area contributed by atoms with Gasteiger partial charge < -0.3 is 15.7 Å². The molecule has 0 radical (unpaired) electrons. The number of carbonyl (C=O) groups excluding carboxylic acids is 1. The van der Waals surface area contributed by atoms with Gasteiger partial charge in [0.25, 0.3) is 5.91 Å². The number of anilines is 1. The molecule has 0 heterocycles. The third kappa shape index (κ3) is 4.57. The Kier molecular flexibility index (Phi) is 5.28. The summed E-state index contributed by atoms with van der Waals surface area (Å²) < 4.78 is 64.4. The van der Waals surface area contributed by atoms with E-state index >= 15 is 0 Å². The molecule has 1 atom stereocenters. The van der Waals surface area contributed by atoms with Gasteiger partial charge in [0.2, 0.25) is 0 Å². The molecule has 1 aromatic rings. The molecule has 0 spiro atoms. The number of halogens is 5. The van der Waals surface area contributed by atoms with Gasteiger partial charge in [-0.2, -0.15) is 13.2 Å². The Bertz CT molecular complexity index is 566. The first-order valence-electron chi connectivity index (χ1n) is 5.84. The summed E-state index contributed by atoms with van der Waals surface area (Å²) in [7, 11) is 0. The summed E-state index contributed by atoms with van der Waals surface area (Å²) >= 11 is 0. The van der Waals surface area contributed by atoms with E-state index < -0.39 is 53.5 Å². The van der Waals surface area contributed by atoms with Crippen molar-refractivity contribution < 1.29 is 36.6 Å². The van der Waals surface area contributed by atoms with Gasteiger partial charge in [0.05, 0.1) is 0 Å². The van der Waals surface area contributed by atoms with Crippen molar-refractivity contribution in [3.05, 3.63) is 29.3 Å². The third-order valence-corrected chi connectivity index (χ3v) is 2.54. The zero-order valence-corrected chi connectivity index (χ0v) is 11.1. The molecule has 122 valence electrons. The Morgan fingerprint density at radius 3 is 2.14 bits per heavy atom. The molecule has 0 aliphatic heterocycles. The van der Waals surface area contributed by atoms with E-state index in [0.717, 1.165) is 6.92 Å². The quantitative estimate of drug-likeness (QED) is 0.725. The van der Waals surface area contributed by atoms with Gasteiger partial charge in [0.1, 0.15) is 29.8 Å². The van der Waals surface area contributed by atoms with Gasteiger partial charge in [0, 0.05) is 5.69 Å². The Hall–Kier alpha value is -2.39. The number of carbonyl (C=O) groups is 2. The summed E-state index contributed by atoms with van der Waals surface area (Å²) in [5, 5.41) is 11.9. The second kappa shape index (κ2) is 6.58. The summed E-state index contributed by atoms with van der Waals surface area (Å²) in [5.41, 5.74) is -1.58. The van der Waals surface area contributed by atoms with Crippen LogP contribution < -0.4 is 10.6 Å². The molecule has 5 nitrogen and oxygen atoms in total. The Balaban J connectivity index is 2.97. The van der Waals surface area contributed by atoms with Gasteiger partial charge in [-0.25, -0.2) is 8.78 Å². The topological polar surface area (TPSA) is 78.4 Å². The van der Waals surface area contributed by atoms with E-state index in [9.17, 15) is 31.5 Å². The molecule has 0 fully saturated rings. The van der Waals surface area contributed by atoms with Crippen molar-refractivity contribution in [2.45, 2.75) is 19.1 Å². The molecule has 10 heteroatoms. The molecule has 22 heavy (non-hydrogen) atoms. The molecule has 1 rings (SSSR count). The number of benzene rings is 1. The fraction of sp³-hybridized carbons (Fsp3) is 0.333. The van der Waals surface area contributed by atoms with Crippen molar-refractivity contribution in [2.75, 3.05) is 11.9 Å². The van der Waals surface area contributed by atoms with Crippen LogP contribution in [-0.2, 0) is 4.79 Å². The monoisotopic (exact) mass is 326 g/mol. The lowest BCUT2D eigenvalue weighted by atomic mass is 10.1. The highest BCUT2D eigenvalue weighted by Crippen LogP contribution is 2.25. The van der Waals surface area contributed by atoms with Crippen molar-refractivity contribution in [1.29, 1.82) is 0 Å². The van der Waals surface area contributed by atoms with Gasteiger partial charge in [-0.15, -0.1) is 0 Å². The van der Waals surface area contributed by atoms with E-state index in [1.54, 1.807) is 5.32 Å². The minimum absolute atomic E-state index is 0.505. The highest BCUT2D eigenvalue weighted by molar-refractivity contribution is 5.96. The summed E-state index contributed by atoms with van der Waals surface area (Å²) in [6.45, 7) is -0.105. The van der Waals surface area contributed by atoms with Crippen molar-refractivity contribution in [3.8, 4) is 0 Å². The molecule has 0 aliphatic rings. The average molecular weight is 326 g/mol. The van der Waals surface area contributed by atoms with Crippen LogP contribution in [0.4, 0.5) is 27.6 Å². The van der Waals surface area contributed by atoms with Crippen molar-refractivity contribution in [2.24, 2.45) is 0 Å². The number of hydrogen-bond donors (Lipinski definition) is 3. The maximum absolute atomic E-state index is 13.7. The van der Waals surface area contributed by atoms with Crippen LogP contribution in [0.2, 0.25) is 0 Å². The maximum Gasteiger partial charge on any atom is 0.408 e. The van der Waals surface area contributed by atoms with Crippen molar-refractivity contribution in [1.82, 2.24) is 5.32 Å². The third-order valence-electron chi connectivity index (χ3n) is 2.54. The minimum atomic E-state index is -4.62. The summed E-state index contributed by atoms with van der Waals surface area (Å²) in [4.78, 5) is 21.7. The van der Waals surface area contributed by atoms with Gasteiger partial charge in [-0.05, 0) is 19.1 Å². The van der Waals surface area contributed by atoms with Crippen LogP contribution >= 0.6 is 0 Å². The van der Waals surface area contributed by atoms with Gasteiger partial charge in [-0.1, -0.05) is 0 Å². The molecule has 0 saturated heterocycles. The zero-order valence-electron chi connectivity index (χ0n) is 11.1. The van der Waals surface area contributed by atoms with Crippen LogP contribution in [0.15, 0.2) is 12.1 Å². The van der Waals surface area contributed by atoms with E-state index in [1.807, 2.05) is 5.32 Å². The number of carboxylic acid groups (broad SMARTS) is 1. The number of amides is 1. The smallest absolute Gasteiger partial charge is 0.408 e. The van der Waals surface area contributed by atoms with Gasteiger partial charge in [-0.3, -0.25) is 9.59 Å². The predicted molar refractivity (Wildman–Crippen MR) is 65.5 cm³/mol. The molecule has 1 aromatic carbocycles. The van der Waals surface area contributed by atoms with E-state index in [1.165, 1.54) is 0 Å². The molecular formula is C12H11F5N2O3.